The molecule has 3 nitrogen and oxygen atoms in total. The molecule has 16 heavy (non-hydrogen) atoms. The first-order valence-electron chi connectivity index (χ1n) is 4.96. The van der Waals surface area contributed by atoms with E-state index >= 15 is 0 Å². The predicted octanol–water partition coefficient (Wildman–Crippen LogP) is 2.64. The molecule has 0 aliphatic carbocycles. The third-order valence-corrected chi connectivity index (χ3v) is 3.92. The summed E-state index contributed by atoms with van der Waals surface area (Å²) in [6, 6.07) is 1.39. The Morgan fingerprint density at radius 2 is 2.50 bits per heavy atom. The Balaban J connectivity index is 2.30. The molecule has 0 aromatic carbocycles. The number of rotatable bonds is 3. The third-order valence-electron chi connectivity index (χ3n) is 2.67. The Morgan fingerprint density at radius 1 is 1.75 bits per heavy atom. The van der Waals surface area contributed by atoms with Gasteiger partial charge in [-0.1, -0.05) is 22.5 Å². The second-order valence-corrected chi connectivity index (χ2v) is 5.90. The van der Waals surface area contributed by atoms with Crippen LogP contribution < -0.4 is 0 Å². The fraction of sp³-hybridized carbons (Fsp3) is 0.364. The van der Waals surface area contributed by atoms with E-state index in [1.54, 1.807) is 11.3 Å². The Labute approximate surface area is 107 Å². The smallest absolute Gasteiger partial charge is 0.325 e. The Morgan fingerprint density at radius 3 is 3.12 bits per heavy atom. The van der Waals surface area contributed by atoms with E-state index in [0.29, 0.717) is 6.54 Å². The van der Waals surface area contributed by atoms with E-state index in [9.17, 15) is 9.90 Å². The number of nitrogens with zero attached hydrogens (tertiary/aromatic N) is 1. The van der Waals surface area contributed by atoms with Gasteiger partial charge >= 0.3 is 5.97 Å². The number of hydrogen-bond acceptors (Lipinski definition) is 3. The van der Waals surface area contributed by atoms with Gasteiger partial charge in [-0.25, -0.2) is 0 Å². The van der Waals surface area contributed by atoms with Crippen molar-refractivity contribution in [3.8, 4) is 0 Å². The molecule has 2 rings (SSSR count). The van der Waals surface area contributed by atoms with Gasteiger partial charge in [-0.3, -0.25) is 9.69 Å². The Kier molecular flexibility index (Phi) is 3.47. The summed E-state index contributed by atoms with van der Waals surface area (Å²) < 4.78 is 0.817. The van der Waals surface area contributed by atoms with E-state index in [4.69, 9.17) is 0 Å². The molecule has 1 aromatic rings. The van der Waals surface area contributed by atoms with Crippen LogP contribution in [0.4, 0.5) is 0 Å². The first kappa shape index (κ1) is 11.8. The lowest BCUT2D eigenvalue weighted by Crippen LogP contribution is -2.39. The normalized spacial score (nSPS) is 20.4. The molecule has 1 aromatic heterocycles. The molecule has 0 fully saturated rings. The van der Waals surface area contributed by atoms with E-state index in [1.165, 1.54) is 4.88 Å². The van der Waals surface area contributed by atoms with E-state index in [2.05, 4.69) is 22.5 Å². The number of thiophene rings is 1. The molecule has 86 valence electrons. The maximum absolute atomic E-state index is 11.3. The van der Waals surface area contributed by atoms with Gasteiger partial charge in [0.2, 0.25) is 0 Å². The first-order chi connectivity index (χ1) is 7.59. The molecule has 0 radical (unpaired) electrons. The van der Waals surface area contributed by atoms with Gasteiger partial charge < -0.3 is 5.11 Å². The van der Waals surface area contributed by atoms with Gasteiger partial charge in [0.05, 0.1) is 0 Å². The minimum atomic E-state index is -0.784. The highest BCUT2D eigenvalue weighted by Crippen LogP contribution is 2.33. The summed E-state index contributed by atoms with van der Waals surface area (Å²) in [4.78, 5) is 14.5. The molecule has 0 amide bonds. The van der Waals surface area contributed by atoms with Crippen LogP contribution in [-0.2, 0) is 11.2 Å². The second kappa shape index (κ2) is 4.69. The van der Waals surface area contributed by atoms with Gasteiger partial charge in [0.25, 0.3) is 0 Å². The lowest BCUT2D eigenvalue weighted by Gasteiger charge is -2.32. The SMILES string of the molecule is C=C(Br)CN1CCc2sccc2C1C(=O)O. The minimum Gasteiger partial charge on any atom is -0.480 e. The van der Waals surface area contributed by atoms with E-state index in [0.717, 1.165) is 23.0 Å². The number of carboxylic acids is 1. The highest BCUT2D eigenvalue weighted by Gasteiger charge is 2.33. The van der Waals surface area contributed by atoms with Gasteiger partial charge in [-0.15, -0.1) is 11.3 Å². The van der Waals surface area contributed by atoms with Gasteiger partial charge in [0.15, 0.2) is 0 Å². The molecule has 2 heterocycles. The first-order valence-corrected chi connectivity index (χ1v) is 6.63. The van der Waals surface area contributed by atoms with E-state index in [-0.39, 0.29) is 0 Å². The van der Waals surface area contributed by atoms with Crippen molar-refractivity contribution in [1.82, 2.24) is 4.90 Å². The van der Waals surface area contributed by atoms with Crippen molar-refractivity contribution in [3.63, 3.8) is 0 Å². The number of fused-ring (bicyclic) bond motifs is 1. The lowest BCUT2D eigenvalue weighted by atomic mass is 10.0. The summed E-state index contributed by atoms with van der Waals surface area (Å²) in [6.07, 6.45) is 0.928. The summed E-state index contributed by atoms with van der Waals surface area (Å²) in [5, 5.41) is 11.3. The van der Waals surface area contributed by atoms with Crippen LogP contribution in [0.5, 0.6) is 0 Å². The molecular weight excluding hydrogens is 290 g/mol. The minimum absolute atomic E-state index is 0.524. The van der Waals surface area contributed by atoms with Gasteiger partial charge in [0.1, 0.15) is 6.04 Å². The third kappa shape index (κ3) is 2.21. The van der Waals surface area contributed by atoms with Gasteiger partial charge in [-0.2, -0.15) is 0 Å². The standard InChI is InChI=1S/C11H12BrNO2S/c1-7(12)6-13-4-2-9-8(3-5-16-9)10(13)11(14)15/h3,5,10H,1-2,4,6H2,(H,14,15). The summed E-state index contributed by atoms with van der Waals surface area (Å²) in [7, 11) is 0. The quantitative estimate of drug-likeness (QED) is 0.933. The average Bonchev–Trinajstić information content (AvgIpc) is 2.63. The van der Waals surface area contributed by atoms with Gasteiger partial charge in [0, 0.05) is 22.4 Å². The van der Waals surface area contributed by atoms with Crippen molar-refractivity contribution >= 4 is 33.2 Å². The molecule has 0 spiro atoms. The summed E-state index contributed by atoms with van der Waals surface area (Å²) in [6.45, 7) is 5.12. The van der Waals surface area contributed by atoms with Crippen LogP contribution in [0.15, 0.2) is 22.5 Å². The Hall–Kier alpha value is -0.650. The zero-order valence-electron chi connectivity index (χ0n) is 8.65. The molecule has 5 heteroatoms. The van der Waals surface area contributed by atoms with Crippen molar-refractivity contribution in [1.29, 1.82) is 0 Å². The van der Waals surface area contributed by atoms with Crippen LogP contribution in [0.2, 0.25) is 0 Å². The maximum atomic E-state index is 11.3. The number of hydrogen-bond donors (Lipinski definition) is 1. The fourth-order valence-electron chi connectivity index (χ4n) is 2.05. The van der Waals surface area contributed by atoms with Crippen LogP contribution in [0.1, 0.15) is 16.5 Å². The van der Waals surface area contributed by atoms with Crippen molar-refractivity contribution in [3.05, 3.63) is 32.9 Å². The Bertz CT molecular complexity index is 429. The van der Waals surface area contributed by atoms with Crippen LogP contribution in [-0.4, -0.2) is 29.1 Å². The number of halogens is 1. The highest BCUT2D eigenvalue weighted by molar-refractivity contribution is 9.11. The molecule has 1 aliphatic rings. The summed E-state index contributed by atoms with van der Waals surface area (Å²) >= 11 is 4.93. The molecule has 0 saturated carbocycles. The predicted molar refractivity (Wildman–Crippen MR) is 68.0 cm³/mol. The number of carbonyl (C=O) groups is 1. The maximum Gasteiger partial charge on any atom is 0.325 e. The largest absolute Gasteiger partial charge is 0.480 e. The fourth-order valence-corrected chi connectivity index (χ4v) is 3.27. The summed E-state index contributed by atoms with van der Waals surface area (Å²) in [5.41, 5.74) is 0.942. The molecular formula is C11H12BrNO2S. The highest BCUT2D eigenvalue weighted by atomic mass is 79.9. The van der Waals surface area contributed by atoms with Crippen molar-refractivity contribution in [2.24, 2.45) is 0 Å². The van der Waals surface area contributed by atoms with E-state index in [1.807, 2.05) is 16.3 Å². The number of carboxylic acid groups (broad SMARTS) is 1. The molecule has 0 saturated heterocycles. The molecule has 1 N–H and O–H groups in total. The zero-order valence-corrected chi connectivity index (χ0v) is 11.1. The molecule has 0 bridgehead atoms. The van der Waals surface area contributed by atoms with E-state index < -0.39 is 12.0 Å². The van der Waals surface area contributed by atoms with Crippen LogP contribution in [0, 0.1) is 0 Å². The van der Waals surface area contributed by atoms with Crippen LogP contribution in [0.25, 0.3) is 0 Å². The van der Waals surface area contributed by atoms with Crippen LogP contribution in [0.3, 0.4) is 0 Å². The van der Waals surface area contributed by atoms with Crippen molar-refractivity contribution < 1.29 is 9.90 Å². The zero-order chi connectivity index (χ0) is 11.7. The van der Waals surface area contributed by atoms with Crippen molar-refractivity contribution in [2.45, 2.75) is 12.5 Å². The molecule has 1 unspecified atom stereocenters. The second-order valence-electron chi connectivity index (χ2n) is 3.78. The number of aliphatic carboxylic acids is 1. The van der Waals surface area contributed by atoms with Gasteiger partial charge in [-0.05, 0) is 23.4 Å². The topological polar surface area (TPSA) is 40.5 Å². The average molecular weight is 302 g/mol. The lowest BCUT2D eigenvalue weighted by molar-refractivity contribution is -0.143. The van der Waals surface area contributed by atoms with Crippen LogP contribution >= 0.6 is 27.3 Å². The monoisotopic (exact) mass is 301 g/mol. The molecule has 1 atom stereocenters. The summed E-state index contributed by atoms with van der Waals surface area (Å²) in [5.74, 6) is -0.784. The molecule has 1 aliphatic heterocycles. The van der Waals surface area contributed by atoms with Crippen molar-refractivity contribution in [2.75, 3.05) is 13.1 Å².